The molecule has 1 spiro atoms. The van der Waals surface area contributed by atoms with Gasteiger partial charge in [0.2, 0.25) is 0 Å². The molecule has 2 heterocycles. The normalized spacial score (nSPS) is 59.6. The molecule has 2 aliphatic carbocycles. The molecule has 0 aromatic heterocycles. The molecular weight excluding hydrogens is 236 g/mol. The van der Waals surface area contributed by atoms with Crippen molar-refractivity contribution in [1.29, 1.82) is 0 Å². The minimum absolute atomic E-state index is 0.0239. The number of carbonyl (C=O) groups excluding carboxylic acids is 2. The summed E-state index contributed by atoms with van der Waals surface area (Å²) >= 11 is 0. The Morgan fingerprint density at radius 1 is 1.22 bits per heavy atom. The third-order valence-corrected chi connectivity index (χ3v) is 5.85. The fourth-order valence-corrected chi connectivity index (χ4v) is 4.59. The maximum atomic E-state index is 12.3. The number of hydrogen-bond acceptors (Lipinski definition) is 5. The second-order valence-electron chi connectivity index (χ2n) is 6.60. The van der Waals surface area contributed by atoms with Crippen molar-refractivity contribution in [2.75, 3.05) is 0 Å². The second-order valence-corrected chi connectivity index (χ2v) is 6.60. The molecule has 0 amide bonds. The molecule has 18 heavy (non-hydrogen) atoms. The van der Waals surface area contributed by atoms with E-state index in [1.54, 1.807) is 6.92 Å². The third-order valence-electron chi connectivity index (χ3n) is 5.85. The van der Waals surface area contributed by atoms with Crippen molar-refractivity contribution in [2.45, 2.75) is 50.1 Å². The number of rotatable bonds is 0. The average molecular weight is 252 g/mol. The lowest BCUT2D eigenvalue weighted by Gasteiger charge is -2.34. The van der Waals surface area contributed by atoms with E-state index in [4.69, 9.17) is 4.74 Å². The monoisotopic (exact) mass is 252 g/mol. The average Bonchev–Trinajstić information content (AvgIpc) is 2.97. The maximum Gasteiger partial charge on any atom is 0.173 e. The Hall–Kier alpha value is -0.780. The Morgan fingerprint density at radius 2 is 1.83 bits per heavy atom. The lowest BCUT2D eigenvalue weighted by atomic mass is 9.65. The number of ether oxygens (including phenoxy) is 1. The highest BCUT2D eigenvalue weighted by Gasteiger charge is 2.84. The summed E-state index contributed by atoms with van der Waals surface area (Å²) in [5.74, 6) is -1.47. The van der Waals surface area contributed by atoms with Gasteiger partial charge in [-0.05, 0) is 26.7 Å². The first-order chi connectivity index (χ1) is 8.27. The van der Waals surface area contributed by atoms with E-state index in [0.29, 0.717) is 0 Å². The SMILES string of the molecule is CC1(O)C(=O)C2C(C3OC2(C)C2(CC2)C3=O)C1O. The zero-order chi connectivity index (χ0) is 13.1. The van der Waals surface area contributed by atoms with E-state index in [2.05, 4.69) is 0 Å². The van der Waals surface area contributed by atoms with Crippen molar-refractivity contribution in [3.63, 3.8) is 0 Å². The summed E-state index contributed by atoms with van der Waals surface area (Å²) < 4.78 is 5.81. The van der Waals surface area contributed by atoms with Gasteiger partial charge in [-0.15, -0.1) is 0 Å². The van der Waals surface area contributed by atoms with Crippen LogP contribution >= 0.6 is 0 Å². The van der Waals surface area contributed by atoms with E-state index in [-0.39, 0.29) is 11.6 Å². The molecule has 0 aromatic rings. The Bertz CT molecular complexity index is 492. The van der Waals surface area contributed by atoms with Crippen molar-refractivity contribution in [1.82, 2.24) is 0 Å². The molecular formula is C13H16O5. The molecule has 5 nitrogen and oxygen atoms in total. The van der Waals surface area contributed by atoms with Crippen molar-refractivity contribution in [2.24, 2.45) is 17.3 Å². The van der Waals surface area contributed by atoms with Crippen LogP contribution in [0.4, 0.5) is 0 Å². The molecule has 2 saturated carbocycles. The van der Waals surface area contributed by atoms with Crippen molar-refractivity contribution in [3.05, 3.63) is 0 Å². The van der Waals surface area contributed by atoms with Crippen LogP contribution in [0.15, 0.2) is 0 Å². The fraction of sp³-hybridized carbons (Fsp3) is 0.846. The van der Waals surface area contributed by atoms with E-state index in [9.17, 15) is 19.8 Å². The fourth-order valence-electron chi connectivity index (χ4n) is 4.59. The van der Waals surface area contributed by atoms with E-state index in [1.807, 2.05) is 0 Å². The molecule has 4 rings (SSSR count). The minimum Gasteiger partial charge on any atom is -0.389 e. The van der Waals surface area contributed by atoms with Crippen molar-refractivity contribution in [3.8, 4) is 0 Å². The van der Waals surface area contributed by atoms with E-state index < -0.39 is 40.7 Å². The van der Waals surface area contributed by atoms with Crippen LogP contribution in [-0.4, -0.2) is 45.2 Å². The molecule has 2 aliphatic heterocycles. The summed E-state index contributed by atoms with van der Waals surface area (Å²) in [4.78, 5) is 24.7. The van der Waals surface area contributed by atoms with Gasteiger partial charge in [-0.2, -0.15) is 0 Å². The zero-order valence-electron chi connectivity index (χ0n) is 10.3. The van der Waals surface area contributed by atoms with E-state index in [1.165, 1.54) is 6.92 Å². The van der Waals surface area contributed by atoms with Crippen LogP contribution in [0.3, 0.4) is 0 Å². The molecule has 4 fully saturated rings. The Labute approximate surface area is 104 Å². The molecule has 5 heteroatoms. The first-order valence-electron chi connectivity index (χ1n) is 6.44. The number of aliphatic hydroxyl groups is 2. The highest BCUT2D eigenvalue weighted by Crippen LogP contribution is 2.72. The predicted molar refractivity (Wildman–Crippen MR) is 58.6 cm³/mol. The number of hydrogen-bond donors (Lipinski definition) is 2. The van der Waals surface area contributed by atoms with Gasteiger partial charge < -0.3 is 14.9 Å². The van der Waals surface area contributed by atoms with E-state index in [0.717, 1.165) is 12.8 Å². The molecule has 2 saturated heterocycles. The highest BCUT2D eigenvalue weighted by molar-refractivity contribution is 6.03. The zero-order valence-corrected chi connectivity index (χ0v) is 10.3. The van der Waals surface area contributed by atoms with Crippen LogP contribution < -0.4 is 0 Å². The number of Topliss-reactive ketones (excluding diaryl/α,β-unsaturated/α-hetero) is 2. The molecule has 0 aromatic carbocycles. The molecule has 4 aliphatic rings. The predicted octanol–water partition coefficient (Wildman–Crippen LogP) is -0.566. The van der Waals surface area contributed by atoms with Crippen LogP contribution in [0, 0.1) is 17.3 Å². The Balaban J connectivity index is 1.89. The summed E-state index contributed by atoms with van der Waals surface area (Å²) in [6, 6.07) is 0. The lowest BCUT2D eigenvalue weighted by Crippen LogP contribution is -2.50. The number of ketones is 2. The molecule has 6 atom stereocenters. The topological polar surface area (TPSA) is 83.8 Å². The van der Waals surface area contributed by atoms with Crippen molar-refractivity contribution < 1.29 is 24.5 Å². The van der Waals surface area contributed by atoms with E-state index >= 15 is 0 Å². The summed E-state index contributed by atoms with van der Waals surface area (Å²) in [5, 5.41) is 20.3. The molecule has 6 unspecified atom stereocenters. The van der Waals surface area contributed by atoms with Crippen LogP contribution in [0.2, 0.25) is 0 Å². The quantitative estimate of drug-likeness (QED) is 0.603. The largest absolute Gasteiger partial charge is 0.389 e. The summed E-state index contributed by atoms with van der Waals surface area (Å²) in [5.41, 5.74) is -3.09. The van der Waals surface area contributed by atoms with Gasteiger partial charge >= 0.3 is 0 Å². The van der Waals surface area contributed by atoms with Gasteiger partial charge in [-0.25, -0.2) is 0 Å². The van der Waals surface area contributed by atoms with Gasteiger partial charge in [-0.1, -0.05) is 0 Å². The summed E-state index contributed by atoms with van der Waals surface area (Å²) in [6.07, 6.45) is -0.404. The first-order valence-corrected chi connectivity index (χ1v) is 6.44. The van der Waals surface area contributed by atoms with Gasteiger partial charge in [0, 0.05) is 5.92 Å². The van der Waals surface area contributed by atoms with Crippen LogP contribution in [-0.2, 0) is 14.3 Å². The van der Waals surface area contributed by atoms with Gasteiger partial charge in [0.15, 0.2) is 11.6 Å². The Morgan fingerprint density at radius 3 is 2.39 bits per heavy atom. The van der Waals surface area contributed by atoms with Gasteiger partial charge in [0.05, 0.1) is 23.0 Å². The molecule has 0 radical (unpaired) electrons. The van der Waals surface area contributed by atoms with Crippen LogP contribution in [0.5, 0.6) is 0 Å². The summed E-state index contributed by atoms with van der Waals surface area (Å²) in [7, 11) is 0. The smallest absolute Gasteiger partial charge is 0.173 e. The van der Waals surface area contributed by atoms with Crippen LogP contribution in [0.25, 0.3) is 0 Å². The second kappa shape index (κ2) is 2.57. The first kappa shape index (κ1) is 11.1. The Kier molecular flexibility index (Phi) is 1.58. The van der Waals surface area contributed by atoms with Crippen molar-refractivity contribution >= 4 is 11.6 Å². The maximum absolute atomic E-state index is 12.3. The minimum atomic E-state index is -1.75. The van der Waals surface area contributed by atoms with Gasteiger partial charge in [0.1, 0.15) is 11.7 Å². The third kappa shape index (κ3) is 0.795. The number of carbonyl (C=O) groups is 2. The standard InChI is InChI=1S/C13H16O5/c1-11(17)8(14)5-6(9(11)15)12(2)13(3-4-13)10(16)7(5)18-12/h5-8,14,17H,3-4H2,1-2H3. The number of aliphatic hydroxyl groups excluding tert-OH is 1. The summed E-state index contributed by atoms with van der Waals surface area (Å²) in [6.45, 7) is 3.14. The lowest BCUT2D eigenvalue weighted by molar-refractivity contribution is -0.149. The highest BCUT2D eigenvalue weighted by atomic mass is 16.5. The van der Waals surface area contributed by atoms with Gasteiger partial charge in [-0.3, -0.25) is 9.59 Å². The molecule has 98 valence electrons. The molecule has 2 bridgehead atoms. The van der Waals surface area contributed by atoms with Gasteiger partial charge in [0.25, 0.3) is 0 Å². The van der Waals surface area contributed by atoms with Crippen LogP contribution in [0.1, 0.15) is 26.7 Å². The number of fused-ring (bicyclic) bond motifs is 6. The molecule has 2 N–H and O–H groups in total.